The molecule has 236 valence electrons. The summed E-state index contributed by atoms with van der Waals surface area (Å²) in [7, 11) is 1.14. The second-order valence-electron chi connectivity index (χ2n) is 11.8. The maximum atomic E-state index is 12.2. The molecule has 0 heterocycles. The van der Waals surface area contributed by atoms with Crippen molar-refractivity contribution in [2.45, 2.75) is 117 Å². The first kappa shape index (κ1) is 38.8. The number of quaternary nitrogens is 1. The van der Waals surface area contributed by atoms with Crippen molar-refractivity contribution in [1.82, 2.24) is 0 Å². The van der Waals surface area contributed by atoms with Gasteiger partial charge in [-0.2, -0.15) is 0 Å². The van der Waals surface area contributed by atoms with E-state index in [9.17, 15) is 19.0 Å². The zero-order valence-corrected chi connectivity index (χ0v) is 27.1. The van der Waals surface area contributed by atoms with Crippen molar-refractivity contribution in [3.63, 3.8) is 0 Å². The first-order valence-electron chi connectivity index (χ1n) is 15.3. The molecule has 0 saturated heterocycles. The summed E-state index contributed by atoms with van der Waals surface area (Å²) in [6.07, 6.45) is 19.1. The van der Waals surface area contributed by atoms with Gasteiger partial charge in [-0.3, -0.25) is 14.2 Å². The van der Waals surface area contributed by atoms with E-state index in [1.165, 1.54) is 44.9 Å². The van der Waals surface area contributed by atoms with Crippen LogP contribution >= 0.6 is 7.82 Å². The molecule has 0 bridgehead atoms. The lowest BCUT2D eigenvalue weighted by Gasteiger charge is -2.28. The number of carbonyl (C=O) groups is 2. The van der Waals surface area contributed by atoms with Crippen LogP contribution in [0.2, 0.25) is 0 Å². The molecule has 9 nitrogen and oxygen atoms in total. The molecule has 0 aliphatic heterocycles. The predicted molar refractivity (Wildman–Crippen MR) is 158 cm³/mol. The monoisotopic (exact) mass is 591 g/mol. The number of likely N-dealkylation sites (N-methyl/N-ethyl adjacent to an activating group) is 1. The molecule has 0 aliphatic rings. The molecule has 0 aromatic heterocycles. The number of phosphoric acid groups is 1. The predicted octanol–water partition coefficient (Wildman–Crippen LogP) is 6.34. The van der Waals surface area contributed by atoms with E-state index in [0.29, 0.717) is 11.0 Å². The molecule has 0 spiro atoms. The number of allylic oxidation sites excluding steroid dienone is 2. The van der Waals surface area contributed by atoms with E-state index < -0.39 is 38.4 Å². The third-order valence-electron chi connectivity index (χ3n) is 6.26. The zero-order valence-electron chi connectivity index (χ0n) is 26.2. The average Bonchev–Trinajstić information content (AvgIpc) is 2.86. The summed E-state index contributed by atoms with van der Waals surface area (Å²) >= 11 is 0. The van der Waals surface area contributed by atoms with Gasteiger partial charge in [-0.15, -0.1) is 0 Å². The van der Waals surface area contributed by atoms with E-state index >= 15 is 0 Å². The van der Waals surface area contributed by atoms with E-state index in [1.54, 1.807) is 13.8 Å². The van der Waals surface area contributed by atoms with Gasteiger partial charge in [-0.05, 0) is 32.1 Å². The highest BCUT2D eigenvalue weighted by molar-refractivity contribution is 7.45. The first-order chi connectivity index (χ1) is 18.9. The van der Waals surface area contributed by atoms with Crippen LogP contribution in [0.25, 0.3) is 0 Å². The molecular formula is C30H58NO8P. The van der Waals surface area contributed by atoms with Crippen molar-refractivity contribution in [3.05, 3.63) is 12.2 Å². The summed E-state index contributed by atoms with van der Waals surface area (Å²) in [4.78, 5) is 36.3. The lowest BCUT2D eigenvalue weighted by atomic mass is 10.1. The lowest BCUT2D eigenvalue weighted by Crippen LogP contribution is -2.37. The molecule has 0 rings (SSSR count). The highest BCUT2D eigenvalue weighted by Gasteiger charge is 2.22. The van der Waals surface area contributed by atoms with Crippen LogP contribution in [0.15, 0.2) is 12.2 Å². The van der Waals surface area contributed by atoms with Crippen LogP contribution in [0.1, 0.15) is 111 Å². The molecule has 40 heavy (non-hydrogen) atoms. The molecular weight excluding hydrogens is 533 g/mol. The minimum absolute atomic E-state index is 0.0360. The second kappa shape index (κ2) is 23.3. The maximum absolute atomic E-state index is 12.2. The third-order valence-corrected chi connectivity index (χ3v) is 7.22. The van der Waals surface area contributed by atoms with Gasteiger partial charge in [0, 0.05) is 6.42 Å². The molecule has 0 aliphatic carbocycles. The molecule has 0 aromatic carbocycles. The Morgan fingerprint density at radius 1 is 0.825 bits per heavy atom. The molecule has 0 fully saturated rings. The summed E-state index contributed by atoms with van der Waals surface area (Å²) in [6, 6.07) is 0. The number of ether oxygens (including phenoxy) is 2. The van der Waals surface area contributed by atoms with Gasteiger partial charge < -0.3 is 27.9 Å². The van der Waals surface area contributed by atoms with Gasteiger partial charge in [0.15, 0.2) is 6.10 Å². The summed E-state index contributed by atoms with van der Waals surface area (Å²) in [5.41, 5.74) is 0. The Kier molecular flexibility index (Phi) is 22.6. The second-order valence-corrected chi connectivity index (χ2v) is 13.2. The fourth-order valence-corrected chi connectivity index (χ4v) is 4.38. The van der Waals surface area contributed by atoms with Crippen molar-refractivity contribution < 1.29 is 42.1 Å². The van der Waals surface area contributed by atoms with Crippen LogP contribution in [-0.4, -0.2) is 70.0 Å². The van der Waals surface area contributed by atoms with Gasteiger partial charge in [-0.25, -0.2) is 0 Å². The standard InChI is InChI=1S/C30H58NO8P/c1-7-8-9-10-11-12-13-14-15-16-17-18-19-20-21-22-29(32)36-25-28(39-30(33)27(2)3)26-38-40(34,35)37-24-23-31(4,5)6/h14-15,27-28H,7-13,16-26H2,1-6H3/b15-14-/t28-/m1/s1. The number of rotatable bonds is 26. The molecule has 2 atom stereocenters. The highest BCUT2D eigenvalue weighted by atomic mass is 31.2. The number of hydrogen-bond donors (Lipinski definition) is 0. The molecule has 0 N–H and O–H groups in total. The number of hydrogen-bond acceptors (Lipinski definition) is 8. The van der Waals surface area contributed by atoms with E-state index in [0.717, 1.165) is 38.5 Å². The maximum Gasteiger partial charge on any atom is 0.308 e. The quantitative estimate of drug-likeness (QED) is 0.0377. The Morgan fingerprint density at radius 2 is 1.38 bits per heavy atom. The zero-order chi connectivity index (χ0) is 30.3. The molecule has 0 aromatic rings. The van der Waals surface area contributed by atoms with E-state index in [1.807, 2.05) is 21.1 Å². The molecule has 0 saturated carbocycles. The van der Waals surface area contributed by atoms with Crippen molar-refractivity contribution in [1.29, 1.82) is 0 Å². The van der Waals surface area contributed by atoms with E-state index in [-0.39, 0.29) is 19.6 Å². The number of unbranched alkanes of at least 4 members (excludes halogenated alkanes) is 11. The number of nitrogens with zero attached hydrogens (tertiary/aromatic N) is 1. The Bertz CT molecular complexity index is 736. The SMILES string of the molecule is CCCCCCCC/C=C\CCCCCCCC(=O)OC[C@H](COP(=O)([O-])OCC[N+](C)(C)C)OC(=O)C(C)C. The smallest absolute Gasteiger partial charge is 0.308 e. The van der Waals surface area contributed by atoms with Crippen LogP contribution in [0.4, 0.5) is 0 Å². The summed E-state index contributed by atoms with van der Waals surface area (Å²) in [5, 5.41) is 0. The number of phosphoric ester groups is 1. The fourth-order valence-electron chi connectivity index (χ4n) is 3.65. The van der Waals surface area contributed by atoms with Crippen molar-refractivity contribution in [2.75, 3.05) is 47.5 Å². The van der Waals surface area contributed by atoms with Crippen LogP contribution < -0.4 is 4.89 Å². The lowest BCUT2D eigenvalue weighted by molar-refractivity contribution is -0.870. The molecule has 0 radical (unpaired) electrons. The minimum Gasteiger partial charge on any atom is -0.756 e. The fraction of sp³-hybridized carbons (Fsp3) is 0.867. The Labute approximate surface area is 244 Å². The summed E-state index contributed by atoms with van der Waals surface area (Å²) in [6.45, 7) is 5.23. The minimum atomic E-state index is -4.59. The van der Waals surface area contributed by atoms with Gasteiger partial charge in [0.05, 0.1) is 33.7 Å². The van der Waals surface area contributed by atoms with Gasteiger partial charge in [0.1, 0.15) is 19.8 Å². The Hall–Kier alpha value is -1.25. The van der Waals surface area contributed by atoms with Crippen LogP contribution in [0.5, 0.6) is 0 Å². The van der Waals surface area contributed by atoms with Gasteiger partial charge in [0.25, 0.3) is 7.82 Å². The number of esters is 2. The molecule has 1 unspecified atom stereocenters. The third kappa shape index (κ3) is 25.7. The Morgan fingerprint density at radius 3 is 1.93 bits per heavy atom. The van der Waals surface area contributed by atoms with E-state index in [4.69, 9.17) is 18.5 Å². The normalized spacial score (nSPS) is 14.4. The van der Waals surface area contributed by atoms with Gasteiger partial charge >= 0.3 is 11.9 Å². The van der Waals surface area contributed by atoms with E-state index in [2.05, 4.69) is 19.1 Å². The van der Waals surface area contributed by atoms with Crippen LogP contribution in [0, 0.1) is 5.92 Å². The van der Waals surface area contributed by atoms with Crippen LogP contribution in [0.3, 0.4) is 0 Å². The van der Waals surface area contributed by atoms with Gasteiger partial charge in [-0.1, -0.05) is 84.3 Å². The highest BCUT2D eigenvalue weighted by Crippen LogP contribution is 2.38. The first-order valence-corrected chi connectivity index (χ1v) is 16.7. The largest absolute Gasteiger partial charge is 0.756 e. The topological polar surface area (TPSA) is 111 Å². The summed E-state index contributed by atoms with van der Waals surface area (Å²) in [5.74, 6) is -1.37. The molecule has 0 amide bonds. The molecule has 10 heteroatoms. The van der Waals surface area contributed by atoms with Crippen molar-refractivity contribution >= 4 is 19.8 Å². The number of carbonyl (C=O) groups excluding carboxylic acids is 2. The summed E-state index contributed by atoms with van der Waals surface area (Å²) < 4.78 is 32.9. The van der Waals surface area contributed by atoms with Gasteiger partial charge in [0.2, 0.25) is 0 Å². The van der Waals surface area contributed by atoms with Crippen molar-refractivity contribution in [3.8, 4) is 0 Å². The Balaban J connectivity index is 4.14. The average molecular weight is 592 g/mol. The van der Waals surface area contributed by atoms with Crippen LogP contribution in [-0.2, 0) is 32.7 Å². The van der Waals surface area contributed by atoms with Crippen molar-refractivity contribution in [2.24, 2.45) is 5.92 Å².